The first kappa shape index (κ1) is 17.9. The number of benzene rings is 1. The second-order valence-corrected chi connectivity index (χ2v) is 7.17. The van der Waals surface area contributed by atoms with Gasteiger partial charge in [0.15, 0.2) is 0 Å². The van der Waals surface area contributed by atoms with Crippen LogP contribution in [0.4, 0.5) is 10.5 Å². The van der Waals surface area contributed by atoms with Gasteiger partial charge in [-0.2, -0.15) is 0 Å². The van der Waals surface area contributed by atoms with Crippen LogP contribution in [0.3, 0.4) is 0 Å². The Morgan fingerprint density at radius 2 is 2.16 bits per heavy atom. The SMILES string of the molecule is CCOC(=O)NC1=C[C@H]2[C@@H](C=C1)Sc1ccccc1N2C(=O)CCCl. The third kappa shape index (κ3) is 3.85. The maximum Gasteiger partial charge on any atom is 0.411 e. The zero-order chi connectivity index (χ0) is 17.8. The van der Waals surface area contributed by atoms with Gasteiger partial charge in [-0.3, -0.25) is 10.1 Å². The smallest absolute Gasteiger partial charge is 0.411 e. The number of nitrogens with zero attached hydrogens (tertiary/aromatic N) is 1. The van der Waals surface area contributed by atoms with E-state index in [9.17, 15) is 9.59 Å². The number of para-hydroxylation sites is 1. The Bertz CT molecular complexity index is 735. The van der Waals surface area contributed by atoms with Crippen LogP contribution in [-0.2, 0) is 9.53 Å². The Morgan fingerprint density at radius 3 is 2.92 bits per heavy atom. The third-order valence-electron chi connectivity index (χ3n) is 3.94. The van der Waals surface area contributed by atoms with Gasteiger partial charge in [0.2, 0.25) is 5.91 Å². The normalized spacial score (nSPS) is 21.0. The lowest BCUT2D eigenvalue weighted by Gasteiger charge is -2.41. The molecule has 1 aliphatic carbocycles. The molecule has 5 nitrogen and oxygen atoms in total. The van der Waals surface area contributed by atoms with Gasteiger partial charge in [0, 0.05) is 22.9 Å². The number of hydrogen-bond donors (Lipinski definition) is 1. The molecule has 1 aromatic rings. The molecule has 0 fully saturated rings. The molecule has 3 rings (SSSR count). The number of alkyl carbamates (subject to hydrolysis) is 1. The lowest BCUT2D eigenvalue weighted by Crippen LogP contribution is -2.48. The monoisotopic (exact) mass is 378 g/mol. The van der Waals surface area contributed by atoms with Crippen LogP contribution in [0.5, 0.6) is 0 Å². The molecule has 0 unspecified atom stereocenters. The predicted molar refractivity (Wildman–Crippen MR) is 100 cm³/mol. The van der Waals surface area contributed by atoms with E-state index in [-0.39, 0.29) is 29.5 Å². The van der Waals surface area contributed by atoms with Crippen molar-refractivity contribution >= 4 is 41.1 Å². The highest BCUT2D eigenvalue weighted by atomic mass is 35.5. The fraction of sp³-hybridized carbons (Fsp3) is 0.333. The third-order valence-corrected chi connectivity index (χ3v) is 5.43. The van der Waals surface area contributed by atoms with Gasteiger partial charge < -0.3 is 9.64 Å². The van der Waals surface area contributed by atoms with Crippen molar-refractivity contribution in [3.8, 4) is 0 Å². The fourth-order valence-electron chi connectivity index (χ4n) is 2.91. The summed E-state index contributed by atoms with van der Waals surface area (Å²) in [4.78, 5) is 27.2. The van der Waals surface area contributed by atoms with Gasteiger partial charge in [-0.25, -0.2) is 4.79 Å². The molecule has 2 amide bonds. The predicted octanol–water partition coefficient (Wildman–Crippen LogP) is 3.69. The van der Waals surface area contributed by atoms with E-state index in [1.807, 2.05) is 42.5 Å². The van der Waals surface area contributed by atoms with Crippen molar-refractivity contribution in [1.29, 1.82) is 0 Å². The number of halogens is 1. The van der Waals surface area contributed by atoms with Crippen LogP contribution < -0.4 is 10.2 Å². The molecule has 132 valence electrons. The van der Waals surface area contributed by atoms with E-state index < -0.39 is 6.09 Å². The fourth-order valence-corrected chi connectivity index (χ4v) is 4.31. The van der Waals surface area contributed by atoms with Gasteiger partial charge >= 0.3 is 6.09 Å². The van der Waals surface area contributed by atoms with Crippen LogP contribution in [-0.4, -0.2) is 35.8 Å². The standard InChI is InChI=1S/C18H19ClN2O3S/c1-2-24-18(23)20-12-7-8-16-14(11-12)21(17(22)9-10-19)13-5-3-4-6-15(13)25-16/h3-8,11,14,16H,2,9-10H2,1H3,(H,20,23)/t14-,16+/m0/s1. The van der Waals surface area contributed by atoms with E-state index in [0.29, 0.717) is 12.3 Å². The zero-order valence-corrected chi connectivity index (χ0v) is 15.3. The lowest BCUT2D eigenvalue weighted by molar-refractivity contribution is -0.118. The van der Waals surface area contributed by atoms with Crippen LogP contribution in [0.25, 0.3) is 0 Å². The van der Waals surface area contributed by atoms with E-state index >= 15 is 0 Å². The van der Waals surface area contributed by atoms with Crippen LogP contribution in [0.2, 0.25) is 0 Å². The molecule has 1 heterocycles. The number of carbonyl (C=O) groups excluding carboxylic acids is 2. The summed E-state index contributed by atoms with van der Waals surface area (Å²) in [5, 5.41) is 2.79. The number of nitrogens with one attached hydrogen (secondary N) is 1. The molecule has 0 spiro atoms. The zero-order valence-electron chi connectivity index (χ0n) is 13.8. The van der Waals surface area contributed by atoms with Crippen molar-refractivity contribution in [1.82, 2.24) is 5.32 Å². The summed E-state index contributed by atoms with van der Waals surface area (Å²) in [5.41, 5.74) is 1.51. The van der Waals surface area contributed by atoms with Crippen LogP contribution in [0.15, 0.2) is 53.1 Å². The Hall–Kier alpha value is -1.92. The molecule has 1 aliphatic heterocycles. The van der Waals surface area contributed by atoms with E-state index in [4.69, 9.17) is 16.3 Å². The minimum Gasteiger partial charge on any atom is -0.450 e. The van der Waals surface area contributed by atoms with Gasteiger partial charge in [0.05, 0.1) is 23.6 Å². The van der Waals surface area contributed by atoms with Gasteiger partial charge in [-0.1, -0.05) is 18.2 Å². The summed E-state index contributed by atoms with van der Waals surface area (Å²) < 4.78 is 4.92. The molecular weight excluding hydrogens is 360 g/mol. The van der Waals surface area contributed by atoms with Crippen molar-refractivity contribution in [2.45, 2.75) is 29.5 Å². The summed E-state index contributed by atoms with van der Waals surface area (Å²) in [6.45, 7) is 2.06. The number of alkyl halides is 1. The maximum absolute atomic E-state index is 12.7. The van der Waals surface area contributed by atoms with Gasteiger partial charge in [-0.05, 0) is 31.2 Å². The number of ether oxygens (including phenoxy) is 1. The van der Waals surface area contributed by atoms with Crippen molar-refractivity contribution < 1.29 is 14.3 Å². The van der Waals surface area contributed by atoms with Crippen LogP contribution in [0.1, 0.15) is 13.3 Å². The Kier molecular flexibility index (Phi) is 5.71. The van der Waals surface area contributed by atoms with Gasteiger partial charge in [0.25, 0.3) is 0 Å². The number of hydrogen-bond acceptors (Lipinski definition) is 4. The van der Waals surface area contributed by atoms with Crippen molar-refractivity contribution in [2.75, 3.05) is 17.4 Å². The first-order chi connectivity index (χ1) is 12.1. The molecule has 2 aliphatic rings. The van der Waals surface area contributed by atoms with Crippen LogP contribution in [0, 0.1) is 0 Å². The summed E-state index contributed by atoms with van der Waals surface area (Å²) >= 11 is 7.50. The van der Waals surface area contributed by atoms with E-state index in [0.717, 1.165) is 10.6 Å². The molecule has 1 N–H and O–H groups in total. The second-order valence-electron chi connectivity index (χ2n) is 5.57. The highest BCUT2D eigenvalue weighted by Crippen LogP contribution is 2.44. The number of allylic oxidation sites excluding steroid dienone is 1. The summed E-state index contributed by atoms with van der Waals surface area (Å²) in [7, 11) is 0. The van der Waals surface area contributed by atoms with Crippen molar-refractivity contribution in [2.24, 2.45) is 0 Å². The minimum atomic E-state index is -0.501. The average Bonchev–Trinajstić information content (AvgIpc) is 2.60. The Balaban J connectivity index is 1.92. The quantitative estimate of drug-likeness (QED) is 0.812. The van der Waals surface area contributed by atoms with E-state index in [1.54, 1.807) is 23.6 Å². The molecule has 0 aromatic heterocycles. The molecular formula is C18H19ClN2O3S. The summed E-state index contributed by atoms with van der Waals surface area (Å²) in [6, 6.07) is 7.65. The lowest BCUT2D eigenvalue weighted by atomic mass is 10.0. The number of carbonyl (C=O) groups is 2. The minimum absolute atomic E-state index is 0.0280. The number of rotatable bonds is 4. The highest BCUT2D eigenvalue weighted by molar-refractivity contribution is 8.00. The molecule has 0 saturated carbocycles. The largest absolute Gasteiger partial charge is 0.450 e. The second kappa shape index (κ2) is 7.97. The molecule has 0 bridgehead atoms. The van der Waals surface area contributed by atoms with Crippen molar-refractivity contribution in [3.05, 3.63) is 48.2 Å². The van der Waals surface area contributed by atoms with Gasteiger partial charge in [0.1, 0.15) is 0 Å². The number of anilines is 1. The first-order valence-corrected chi connectivity index (χ1v) is 9.53. The van der Waals surface area contributed by atoms with Gasteiger partial charge in [-0.15, -0.1) is 23.4 Å². The summed E-state index contributed by atoms with van der Waals surface area (Å²) in [6.07, 6.45) is 5.52. The number of thioether (sulfide) groups is 1. The molecule has 25 heavy (non-hydrogen) atoms. The Morgan fingerprint density at radius 1 is 1.36 bits per heavy atom. The first-order valence-electron chi connectivity index (χ1n) is 8.11. The summed E-state index contributed by atoms with van der Waals surface area (Å²) in [5.74, 6) is 0.245. The maximum atomic E-state index is 12.7. The van der Waals surface area contributed by atoms with Crippen molar-refractivity contribution in [3.63, 3.8) is 0 Å². The van der Waals surface area contributed by atoms with E-state index in [1.165, 1.54) is 0 Å². The van der Waals surface area contributed by atoms with E-state index in [2.05, 4.69) is 5.32 Å². The molecule has 0 radical (unpaired) electrons. The Labute approximate surface area is 156 Å². The molecule has 2 atom stereocenters. The molecule has 0 saturated heterocycles. The topological polar surface area (TPSA) is 58.6 Å². The number of amides is 2. The molecule has 1 aromatic carbocycles. The number of fused-ring (bicyclic) bond motifs is 2. The average molecular weight is 379 g/mol. The highest BCUT2D eigenvalue weighted by Gasteiger charge is 2.37. The van der Waals surface area contributed by atoms with Crippen LogP contribution >= 0.6 is 23.4 Å². The molecule has 7 heteroatoms.